The molecular formula is C27H22N2O4S. The number of methoxy groups -OCH3 is 1. The molecule has 5 rings (SSSR count). The maximum absolute atomic E-state index is 13.4. The number of ketones is 1. The highest BCUT2D eigenvalue weighted by Gasteiger charge is 2.48. The predicted molar refractivity (Wildman–Crippen MR) is 133 cm³/mol. The Bertz CT molecular complexity index is 1470. The van der Waals surface area contributed by atoms with Gasteiger partial charge in [0.15, 0.2) is 5.13 Å². The van der Waals surface area contributed by atoms with Crippen molar-refractivity contribution in [3.63, 3.8) is 0 Å². The molecule has 0 spiro atoms. The van der Waals surface area contributed by atoms with Crippen LogP contribution in [0.2, 0.25) is 0 Å². The summed E-state index contributed by atoms with van der Waals surface area (Å²) in [7, 11) is 1.53. The van der Waals surface area contributed by atoms with E-state index >= 15 is 0 Å². The molecule has 0 aliphatic carbocycles. The number of carbonyl (C=O) groups excluding carboxylic acids is 2. The first-order valence-corrected chi connectivity index (χ1v) is 11.6. The molecule has 7 heteroatoms. The molecule has 0 bridgehead atoms. The predicted octanol–water partition coefficient (Wildman–Crippen LogP) is 5.55. The van der Waals surface area contributed by atoms with Crippen LogP contribution >= 0.6 is 11.3 Å². The average Bonchev–Trinajstić information content (AvgIpc) is 3.38. The van der Waals surface area contributed by atoms with Crippen LogP contribution in [0.5, 0.6) is 5.75 Å². The van der Waals surface area contributed by atoms with Crippen LogP contribution in [0, 0.1) is 13.8 Å². The Kier molecular flexibility index (Phi) is 5.42. The molecule has 1 aliphatic heterocycles. The van der Waals surface area contributed by atoms with Gasteiger partial charge in [0.25, 0.3) is 5.78 Å². The molecule has 0 radical (unpaired) electrons. The van der Waals surface area contributed by atoms with Crippen molar-refractivity contribution in [1.29, 1.82) is 0 Å². The zero-order valence-corrected chi connectivity index (χ0v) is 19.7. The van der Waals surface area contributed by atoms with Crippen LogP contribution in [0.25, 0.3) is 16.0 Å². The summed E-state index contributed by atoms with van der Waals surface area (Å²) in [6, 6.07) is 19.2. The molecule has 2 heterocycles. The molecule has 1 unspecified atom stereocenters. The molecule has 0 saturated carbocycles. The monoisotopic (exact) mass is 470 g/mol. The third-order valence-corrected chi connectivity index (χ3v) is 6.93. The van der Waals surface area contributed by atoms with Crippen molar-refractivity contribution in [2.45, 2.75) is 19.9 Å². The molecule has 1 N–H and O–H groups in total. The van der Waals surface area contributed by atoms with Crippen LogP contribution < -0.4 is 9.64 Å². The highest BCUT2D eigenvalue weighted by molar-refractivity contribution is 7.22. The second kappa shape index (κ2) is 8.43. The number of aryl methyl sites for hydroxylation is 2. The topological polar surface area (TPSA) is 79.7 Å². The molecule has 170 valence electrons. The first-order chi connectivity index (χ1) is 16.4. The SMILES string of the molecule is COc1cccc(/C(O)=C2\C(=O)C(=O)N(c3nc4c(C)cc(C)cc4s3)C2c2ccccc2)c1. The van der Waals surface area contributed by atoms with Gasteiger partial charge in [0.05, 0.1) is 28.9 Å². The first kappa shape index (κ1) is 21.9. The number of hydrogen-bond donors (Lipinski definition) is 1. The minimum absolute atomic E-state index is 0.0246. The fraction of sp³-hybridized carbons (Fsp3) is 0.148. The fourth-order valence-corrected chi connectivity index (χ4v) is 5.54. The number of aliphatic hydroxyl groups excluding tert-OH is 1. The second-order valence-corrected chi connectivity index (χ2v) is 9.25. The maximum atomic E-state index is 13.4. The van der Waals surface area contributed by atoms with Gasteiger partial charge in [0, 0.05) is 5.56 Å². The molecule has 1 aromatic heterocycles. The smallest absolute Gasteiger partial charge is 0.301 e. The van der Waals surface area contributed by atoms with Crippen LogP contribution in [0.4, 0.5) is 5.13 Å². The number of ether oxygens (including phenoxy) is 1. The summed E-state index contributed by atoms with van der Waals surface area (Å²) >= 11 is 1.36. The normalized spacial score (nSPS) is 17.5. The molecule has 4 aromatic rings. The zero-order valence-electron chi connectivity index (χ0n) is 18.9. The quantitative estimate of drug-likeness (QED) is 0.240. The Morgan fingerprint density at radius 1 is 1.03 bits per heavy atom. The van der Waals surface area contributed by atoms with Crippen molar-refractivity contribution >= 4 is 44.1 Å². The molecule has 1 aliphatic rings. The Morgan fingerprint density at radius 3 is 2.53 bits per heavy atom. The summed E-state index contributed by atoms with van der Waals surface area (Å²) in [5.74, 6) is -1.18. The van der Waals surface area contributed by atoms with Gasteiger partial charge in [0.2, 0.25) is 0 Å². The third-order valence-electron chi connectivity index (χ3n) is 5.93. The van der Waals surface area contributed by atoms with Crippen molar-refractivity contribution in [1.82, 2.24) is 4.98 Å². The van der Waals surface area contributed by atoms with Crippen LogP contribution in [-0.4, -0.2) is 28.9 Å². The summed E-state index contributed by atoms with van der Waals surface area (Å²) < 4.78 is 6.21. The molecule has 1 saturated heterocycles. The lowest BCUT2D eigenvalue weighted by molar-refractivity contribution is -0.132. The number of thiazole rings is 1. The number of aromatic nitrogens is 1. The lowest BCUT2D eigenvalue weighted by atomic mass is 9.95. The maximum Gasteiger partial charge on any atom is 0.301 e. The summed E-state index contributed by atoms with van der Waals surface area (Å²) in [6.45, 7) is 3.99. The van der Waals surface area contributed by atoms with Gasteiger partial charge in [-0.2, -0.15) is 0 Å². The lowest BCUT2D eigenvalue weighted by Crippen LogP contribution is -2.29. The molecule has 1 amide bonds. The molecule has 34 heavy (non-hydrogen) atoms. The van der Waals surface area contributed by atoms with E-state index in [1.807, 2.05) is 56.3 Å². The van der Waals surface area contributed by atoms with E-state index in [2.05, 4.69) is 0 Å². The molecular weight excluding hydrogens is 448 g/mol. The summed E-state index contributed by atoms with van der Waals surface area (Å²) in [4.78, 5) is 32.8. The van der Waals surface area contributed by atoms with Crippen molar-refractivity contribution in [2.24, 2.45) is 0 Å². The zero-order chi connectivity index (χ0) is 24.0. The molecule has 1 atom stereocenters. The van der Waals surface area contributed by atoms with Crippen molar-refractivity contribution in [3.8, 4) is 5.75 Å². The van der Waals surface area contributed by atoms with E-state index in [1.165, 1.54) is 23.3 Å². The number of Topliss-reactive ketones (excluding diaryl/α,β-unsaturated/α-hetero) is 1. The second-order valence-electron chi connectivity index (χ2n) is 8.24. The van der Waals surface area contributed by atoms with E-state index in [9.17, 15) is 14.7 Å². The van der Waals surface area contributed by atoms with Gasteiger partial charge in [-0.25, -0.2) is 4.98 Å². The largest absolute Gasteiger partial charge is 0.507 e. The van der Waals surface area contributed by atoms with Crippen LogP contribution in [0.3, 0.4) is 0 Å². The number of aliphatic hydroxyl groups is 1. The number of benzene rings is 3. The van der Waals surface area contributed by atoms with Crippen molar-refractivity contribution in [2.75, 3.05) is 12.0 Å². The van der Waals surface area contributed by atoms with Gasteiger partial charge >= 0.3 is 5.91 Å². The van der Waals surface area contributed by atoms with Crippen molar-refractivity contribution < 1.29 is 19.4 Å². The molecule has 6 nitrogen and oxygen atoms in total. The standard InChI is InChI=1S/C27H22N2O4S/c1-15-12-16(2)22-20(13-15)34-27(28-22)29-23(17-8-5-4-6-9-17)21(25(31)26(29)32)24(30)18-10-7-11-19(14-18)33-3/h4-14,23,30H,1-3H3/b24-21+. The summed E-state index contributed by atoms with van der Waals surface area (Å²) in [5.41, 5.74) is 4.03. The van der Waals surface area contributed by atoms with Crippen LogP contribution in [0.15, 0.2) is 72.3 Å². The van der Waals surface area contributed by atoms with E-state index < -0.39 is 17.7 Å². The van der Waals surface area contributed by atoms with Gasteiger partial charge in [-0.1, -0.05) is 59.9 Å². The van der Waals surface area contributed by atoms with Gasteiger partial charge in [0.1, 0.15) is 11.5 Å². The lowest BCUT2D eigenvalue weighted by Gasteiger charge is -2.23. The van der Waals surface area contributed by atoms with E-state index in [0.29, 0.717) is 22.0 Å². The third kappa shape index (κ3) is 3.54. The average molecular weight is 471 g/mol. The number of carbonyl (C=O) groups is 2. The summed E-state index contributed by atoms with van der Waals surface area (Å²) in [6.07, 6.45) is 0. The molecule has 3 aromatic carbocycles. The van der Waals surface area contributed by atoms with Crippen LogP contribution in [0.1, 0.15) is 28.3 Å². The number of nitrogens with zero attached hydrogens (tertiary/aromatic N) is 2. The number of anilines is 1. The number of amides is 1. The van der Waals surface area contributed by atoms with Crippen molar-refractivity contribution in [3.05, 3.63) is 94.6 Å². The Morgan fingerprint density at radius 2 is 1.79 bits per heavy atom. The van der Waals surface area contributed by atoms with Gasteiger partial charge in [-0.3, -0.25) is 14.5 Å². The number of fused-ring (bicyclic) bond motifs is 1. The van der Waals surface area contributed by atoms with E-state index in [4.69, 9.17) is 9.72 Å². The van der Waals surface area contributed by atoms with E-state index in [-0.39, 0.29) is 11.3 Å². The summed E-state index contributed by atoms with van der Waals surface area (Å²) in [5, 5.41) is 11.7. The first-order valence-electron chi connectivity index (χ1n) is 10.8. The minimum atomic E-state index is -0.811. The van der Waals surface area contributed by atoms with Gasteiger partial charge < -0.3 is 9.84 Å². The highest BCUT2D eigenvalue weighted by atomic mass is 32.1. The Hall–Kier alpha value is -3.97. The van der Waals surface area contributed by atoms with E-state index in [0.717, 1.165) is 21.3 Å². The van der Waals surface area contributed by atoms with Gasteiger partial charge in [-0.05, 0) is 48.7 Å². The Balaban J connectivity index is 1.73. The Labute approximate surface area is 200 Å². The number of rotatable bonds is 4. The number of hydrogen-bond acceptors (Lipinski definition) is 6. The molecule has 1 fully saturated rings. The van der Waals surface area contributed by atoms with Gasteiger partial charge in [-0.15, -0.1) is 0 Å². The van der Waals surface area contributed by atoms with E-state index in [1.54, 1.807) is 24.3 Å². The highest BCUT2D eigenvalue weighted by Crippen LogP contribution is 2.44. The minimum Gasteiger partial charge on any atom is -0.507 e. The fourth-order valence-electron chi connectivity index (χ4n) is 4.37. The van der Waals surface area contributed by atoms with Crippen LogP contribution in [-0.2, 0) is 9.59 Å².